The van der Waals surface area contributed by atoms with Gasteiger partial charge in [0.15, 0.2) is 0 Å². The number of allylic oxidation sites excluding steroid dienone is 3. The fourth-order valence-electron chi connectivity index (χ4n) is 3.63. The van der Waals surface area contributed by atoms with E-state index in [4.69, 9.17) is 9.47 Å². The first-order chi connectivity index (χ1) is 16.1. The van der Waals surface area contributed by atoms with Gasteiger partial charge in [0.05, 0.1) is 25.2 Å². The first-order valence-corrected chi connectivity index (χ1v) is 11.2. The van der Waals surface area contributed by atoms with Gasteiger partial charge < -0.3 is 14.8 Å². The van der Waals surface area contributed by atoms with E-state index in [9.17, 15) is 10.1 Å². The van der Waals surface area contributed by atoms with E-state index in [0.717, 1.165) is 34.4 Å². The van der Waals surface area contributed by atoms with Gasteiger partial charge in [0.2, 0.25) is 0 Å². The molecule has 0 bridgehead atoms. The van der Waals surface area contributed by atoms with Gasteiger partial charge in [-0.15, -0.1) is 0 Å². The third-order valence-electron chi connectivity index (χ3n) is 5.31. The highest BCUT2D eigenvalue weighted by molar-refractivity contribution is 5.94. The van der Waals surface area contributed by atoms with Crippen LogP contribution < -0.4 is 5.32 Å². The molecule has 170 valence electrons. The highest BCUT2D eigenvalue weighted by atomic mass is 16.5. The number of nitrogens with one attached hydrogen (secondary N) is 1. The average Bonchev–Trinajstić information content (AvgIpc) is 2.85. The van der Waals surface area contributed by atoms with Crippen molar-refractivity contribution in [2.75, 3.05) is 13.2 Å². The van der Waals surface area contributed by atoms with E-state index in [-0.39, 0.29) is 11.8 Å². The van der Waals surface area contributed by atoms with Crippen molar-refractivity contribution in [3.05, 3.63) is 106 Å². The van der Waals surface area contributed by atoms with Gasteiger partial charge in [0.25, 0.3) is 5.91 Å². The molecular formula is C28H30N2O3. The van der Waals surface area contributed by atoms with Crippen molar-refractivity contribution in [3.8, 4) is 6.07 Å². The fourth-order valence-corrected chi connectivity index (χ4v) is 3.63. The Morgan fingerprint density at radius 1 is 1.27 bits per heavy atom. The lowest BCUT2D eigenvalue weighted by molar-refractivity contribution is 0.0951. The zero-order valence-electron chi connectivity index (χ0n) is 19.2. The highest BCUT2D eigenvalue weighted by Crippen LogP contribution is 2.27. The molecule has 1 amide bonds. The summed E-state index contributed by atoms with van der Waals surface area (Å²) in [4.78, 5) is 12.8. The minimum Gasteiger partial charge on any atom is -0.489 e. The molecule has 0 fully saturated rings. The minimum absolute atomic E-state index is 0.172. The Labute approximate surface area is 196 Å². The Hall–Kier alpha value is -3.62. The average molecular weight is 443 g/mol. The van der Waals surface area contributed by atoms with Crippen molar-refractivity contribution in [3.63, 3.8) is 0 Å². The van der Waals surface area contributed by atoms with Crippen LogP contribution in [0.2, 0.25) is 0 Å². The van der Waals surface area contributed by atoms with Crippen molar-refractivity contribution in [1.29, 1.82) is 5.26 Å². The van der Waals surface area contributed by atoms with Crippen LogP contribution in [0.5, 0.6) is 0 Å². The highest BCUT2D eigenvalue weighted by Gasteiger charge is 2.22. The number of benzene rings is 2. The number of hydrogen-bond donors (Lipinski definition) is 1. The molecule has 0 spiro atoms. The smallest absolute Gasteiger partial charge is 0.251 e. The lowest BCUT2D eigenvalue weighted by atomic mass is 9.92. The van der Waals surface area contributed by atoms with E-state index in [2.05, 4.69) is 24.4 Å². The lowest BCUT2D eigenvalue weighted by Gasteiger charge is -2.21. The van der Waals surface area contributed by atoms with Crippen molar-refractivity contribution in [2.45, 2.75) is 39.4 Å². The van der Waals surface area contributed by atoms with Crippen LogP contribution in [0.25, 0.3) is 0 Å². The molecule has 33 heavy (non-hydrogen) atoms. The Morgan fingerprint density at radius 2 is 2.09 bits per heavy atom. The number of nitriles is 1. The number of fused-ring (bicyclic) bond motifs is 1. The molecule has 2 aromatic carbocycles. The van der Waals surface area contributed by atoms with Gasteiger partial charge in [-0.25, -0.2) is 0 Å². The first-order valence-electron chi connectivity index (χ1n) is 11.2. The summed E-state index contributed by atoms with van der Waals surface area (Å²) in [5.41, 5.74) is 4.45. The van der Waals surface area contributed by atoms with Crippen molar-refractivity contribution >= 4 is 5.91 Å². The standard InChI is InChI=1S/C28H30N2O3/c1-3-8-22(14-26(9-4-2)33-18-21-10-6-5-7-11-21)17-30-28(31)23-12-13-24-19-32-20-25(16-29)27(24)15-23/h4-15,25H,3,17-20H2,1-2H3,(H,30,31)/b9-4-,22-8-,26-14+. The van der Waals surface area contributed by atoms with E-state index < -0.39 is 0 Å². The Balaban J connectivity index is 1.68. The molecule has 1 aliphatic rings. The summed E-state index contributed by atoms with van der Waals surface area (Å²) >= 11 is 0. The number of carbonyl (C=O) groups excluding carboxylic acids is 1. The van der Waals surface area contributed by atoms with Crippen LogP contribution in [0.15, 0.2) is 84.2 Å². The molecule has 1 heterocycles. The molecular weight excluding hydrogens is 412 g/mol. The number of amides is 1. The van der Waals surface area contributed by atoms with Gasteiger partial charge in [0.1, 0.15) is 12.4 Å². The molecule has 1 N–H and O–H groups in total. The van der Waals surface area contributed by atoms with E-state index in [1.807, 2.05) is 67.6 Å². The molecule has 1 atom stereocenters. The zero-order valence-corrected chi connectivity index (χ0v) is 19.2. The second-order valence-electron chi connectivity index (χ2n) is 7.80. The summed E-state index contributed by atoms with van der Waals surface area (Å²) in [6.45, 7) is 5.69. The molecule has 0 aliphatic carbocycles. The summed E-state index contributed by atoms with van der Waals surface area (Å²) in [6.07, 6.45) is 8.73. The summed E-state index contributed by atoms with van der Waals surface area (Å²) in [5, 5.41) is 12.4. The van der Waals surface area contributed by atoms with E-state index in [0.29, 0.717) is 31.9 Å². The molecule has 3 rings (SSSR count). The third kappa shape index (κ3) is 6.93. The van der Waals surface area contributed by atoms with Gasteiger partial charge in [-0.2, -0.15) is 5.26 Å². The summed E-state index contributed by atoms with van der Waals surface area (Å²) in [7, 11) is 0. The van der Waals surface area contributed by atoms with E-state index in [1.54, 1.807) is 6.07 Å². The molecule has 1 aliphatic heterocycles. The predicted molar refractivity (Wildman–Crippen MR) is 129 cm³/mol. The summed E-state index contributed by atoms with van der Waals surface area (Å²) in [6, 6.07) is 17.7. The summed E-state index contributed by atoms with van der Waals surface area (Å²) in [5.74, 6) is 0.222. The lowest BCUT2D eigenvalue weighted by Crippen LogP contribution is -2.26. The molecule has 0 radical (unpaired) electrons. The van der Waals surface area contributed by atoms with Crippen molar-refractivity contribution in [1.82, 2.24) is 5.32 Å². The van der Waals surface area contributed by atoms with Gasteiger partial charge in [-0.1, -0.05) is 55.5 Å². The quantitative estimate of drug-likeness (QED) is 0.407. The topological polar surface area (TPSA) is 71.4 Å². The maximum absolute atomic E-state index is 12.8. The van der Waals surface area contributed by atoms with Crippen LogP contribution in [0.1, 0.15) is 53.2 Å². The maximum Gasteiger partial charge on any atom is 0.251 e. The maximum atomic E-state index is 12.8. The SMILES string of the molecule is C\C=C/C(=C\C(=C\CC)CNC(=O)c1ccc2c(c1)C(C#N)COC2)OCc1ccccc1. The van der Waals surface area contributed by atoms with Gasteiger partial charge in [-0.3, -0.25) is 4.79 Å². The normalized spacial score (nSPS) is 16.2. The first kappa shape index (κ1) is 24.0. The summed E-state index contributed by atoms with van der Waals surface area (Å²) < 4.78 is 11.5. The van der Waals surface area contributed by atoms with E-state index >= 15 is 0 Å². The largest absolute Gasteiger partial charge is 0.489 e. The zero-order chi connectivity index (χ0) is 23.5. The number of hydrogen-bond acceptors (Lipinski definition) is 4. The molecule has 5 heteroatoms. The molecule has 5 nitrogen and oxygen atoms in total. The van der Waals surface area contributed by atoms with Crippen LogP contribution in [0.4, 0.5) is 0 Å². The Kier molecular flexibility index (Phi) is 9.05. The third-order valence-corrected chi connectivity index (χ3v) is 5.31. The molecule has 0 saturated carbocycles. The second-order valence-corrected chi connectivity index (χ2v) is 7.80. The van der Waals surface area contributed by atoms with Crippen molar-refractivity contribution < 1.29 is 14.3 Å². The van der Waals surface area contributed by atoms with Crippen LogP contribution in [0.3, 0.4) is 0 Å². The fraction of sp³-hybridized carbons (Fsp3) is 0.286. The van der Waals surface area contributed by atoms with E-state index in [1.165, 1.54) is 0 Å². The van der Waals surface area contributed by atoms with Crippen LogP contribution in [0, 0.1) is 11.3 Å². The number of carbonyl (C=O) groups is 1. The molecule has 1 unspecified atom stereocenters. The predicted octanol–water partition coefficient (Wildman–Crippen LogP) is 5.57. The monoisotopic (exact) mass is 442 g/mol. The van der Waals surface area contributed by atoms with Crippen LogP contribution in [-0.4, -0.2) is 19.1 Å². The van der Waals surface area contributed by atoms with Crippen LogP contribution >= 0.6 is 0 Å². The van der Waals surface area contributed by atoms with Crippen LogP contribution in [-0.2, 0) is 22.7 Å². The van der Waals surface area contributed by atoms with Gasteiger partial charge >= 0.3 is 0 Å². The Morgan fingerprint density at radius 3 is 2.82 bits per heavy atom. The molecule has 2 aromatic rings. The number of nitrogens with zero attached hydrogens (tertiary/aromatic N) is 1. The molecule has 0 saturated heterocycles. The van der Waals surface area contributed by atoms with Crippen molar-refractivity contribution in [2.24, 2.45) is 0 Å². The number of rotatable bonds is 9. The molecule has 0 aromatic heterocycles. The van der Waals surface area contributed by atoms with Gasteiger partial charge in [-0.05, 0) is 59.9 Å². The number of ether oxygens (including phenoxy) is 2. The van der Waals surface area contributed by atoms with Gasteiger partial charge in [0, 0.05) is 12.1 Å². The minimum atomic E-state index is -0.342. The second kappa shape index (κ2) is 12.4. The Bertz CT molecular complexity index is 1080.